The molecule has 1 amide bonds. The van der Waals surface area contributed by atoms with Gasteiger partial charge in [-0.05, 0) is 55.0 Å². The Hall–Kier alpha value is -2.29. The first kappa shape index (κ1) is 16.6. The van der Waals surface area contributed by atoms with Crippen molar-refractivity contribution in [3.8, 4) is 5.75 Å². The third-order valence-corrected chi connectivity index (χ3v) is 4.54. The lowest BCUT2D eigenvalue weighted by Crippen LogP contribution is -2.39. The fourth-order valence-corrected chi connectivity index (χ4v) is 3.11. The molecule has 1 N–H and O–H groups in total. The second kappa shape index (κ2) is 8.00. The summed E-state index contributed by atoms with van der Waals surface area (Å²) in [5.74, 6) is 0.713. The number of carbonyl (C=O) groups is 1. The highest BCUT2D eigenvalue weighted by molar-refractivity contribution is 5.84. The highest BCUT2D eigenvalue weighted by atomic mass is 16.5. The van der Waals surface area contributed by atoms with Crippen LogP contribution < -0.4 is 10.1 Å². The zero-order valence-electron chi connectivity index (χ0n) is 14.3. The average molecular weight is 323 g/mol. The Morgan fingerprint density at radius 3 is 2.75 bits per heavy atom. The first-order chi connectivity index (χ1) is 11.8. The molecule has 3 nitrogen and oxygen atoms in total. The predicted molar refractivity (Wildman–Crippen MR) is 98.2 cm³/mol. The van der Waals surface area contributed by atoms with Gasteiger partial charge in [0.15, 0.2) is 6.10 Å². The van der Waals surface area contributed by atoms with E-state index in [4.69, 9.17) is 4.74 Å². The van der Waals surface area contributed by atoms with Crippen LogP contribution in [0, 0.1) is 0 Å². The summed E-state index contributed by atoms with van der Waals surface area (Å²) in [6.07, 6.45) is 7.19. The number of fused-ring (bicyclic) bond motifs is 1. The van der Waals surface area contributed by atoms with Crippen molar-refractivity contribution in [1.29, 1.82) is 0 Å². The van der Waals surface area contributed by atoms with Crippen LogP contribution in [0.1, 0.15) is 39.0 Å². The lowest BCUT2D eigenvalue weighted by Gasteiger charge is -2.19. The molecule has 0 aliphatic heterocycles. The Balaban J connectivity index is 1.61. The number of hydrogen-bond acceptors (Lipinski definition) is 2. The Kier molecular flexibility index (Phi) is 5.52. The fraction of sp³-hybridized carbons (Fsp3) is 0.381. The summed E-state index contributed by atoms with van der Waals surface area (Å²) in [6.45, 7) is 2.63. The number of carbonyl (C=O) groups excluding carboxylic acids is 1. The summed E-state index contributed by atoms with van der Waals surface area (Å²) in [4.78, 5) is 12.4. The van der Waals surface area contributed by atoms with E-state index in [0.717, 1.165) is 24.0 Å². The van der Waals surface area contributed by atoms with E-state index >= 15 is 0 Å². The molecule has 2 aromatic carbocycles. The van der Waals surface area contributed by atoms with Gasteiger partial charge in [-0.3, -0.25) is 4.79 Å². The molecule has 3 heteroatoms. The molecular weight excluding hydrogens is 298 g/mol. The monoisotopic (exact) mass is 323 g/mol. The molecule has 24 heavy (non-hydrogen) atoms. The fourth-order valence-electron chi connectivity index (χ4n) is 3.11. The molecular formula is C21H25NO2. The van der Waals surface area contributed by atoms with Crippen LogP contribution >= 0.6 is 0 Å². The van der Waals surface area contributed by atoms with Gasteiger partial charge in [-0.1, -0.05) is 48.9 Å². The van der Waals surface area contributed by atoms with Crippen molar-refractivity contribution in [2.45, 2.75) is 45.1 Å². The maximum absolute atomic E-state index is 12.4. The van der Waals surface area contributed by atoms with Gasteiger partial charge < -0.3 is 10.1 Å². The highest BCUT2D eigenvalue weighted by Crippen LogP contribution is 2.22. The van der Waals surface area contributed by atoms with E-state index in [0.29, 0.717) is 13.0 Å². The molecule has 0 unspecified atom stereocenters. The Morgan fingerprint density at radius 2 is 2.00 bits per heavy atom. The van der Waals surface area contributed by atoms with E-state index in [-0.39, 0.29) is 5.91 Å². The number of allylic oxidation sites excluding steroid dienone is 1. The van der Waals surface area contributed by atoms with E-state index < -0.39 is 6.10 Å². The maximum Gasteiger partial charge on any atom is 0.261 e. The zero-order valence-corrected chi connectivity index (χ0v) is 14.3. The van der Waals surface area contributed by atoms with Gasteiger partial charge in [-0.15, -0.1) is 0 Å². The van der Waals surface area contributed by atoms with Gasteiger partial charge in [-0.2, -0.15) is 0 Å². The molecule has 0 radical (unpaired) electrons. The summed E-state index contributed by atoms with van der Waals surface area (Å²) < 4.78 is 5.94. The van der Waals surface area contributed by atoms with E-state index in [9.17, 15) is 4.79 Å². The molecule has 0 bridgehead atoms. The molecule has 1 atom stereocenters. The quantitative estimate of drug-likeness (QED) is 0.788. The van der Waals surface area contributed by atoms with Crippen molar-refractivity contribution in [2.24, 2.45) is 0 Å². The number of amides is 1. The number of hydrogen-bond donors (Lipinski definition) is 1. The number of nitrogens with one attached hydrogen (secondary N) is 1. The van der Waals surface area contributed by atoms with Crippen molar-refractivity contribution in [1.82, 2.24) is 5.32 Å². The first-order valence-corrected chi connectivity index (χ1v) is 8.87. The number of rotatable bonds is 6. The van der Waals surface area contributed by atoms with Gasteiger partial charge in [-0.25, -0.2) is 0 Å². The summed E-state index contributed by atoms with van der Waals surface area (Å²) in [7, 11) is 0. The standard InChI is InChI=1S/C21H25NO2/c1-2-20(21(23)22-15-16-8-4-3-5-9-16)24-19-13-12-17-10-6-7-11-18(17)14-19/h6-8,10-14,20H,2-5,9,15H2,1H3,(H,22,23)/t20-/m0/s1. The maximum atomic E-state index is 12.4. The third kappa shape index (κ3) is 4.16. The largest absolute Gasteiger partial charge is 0.481 e. The van der Waals surface area contributed by atoms with Crippen molar-refractivity contribution < 1.29 is 9.53 Å². The van der Waals surface area contributed by atoms with Crippen LogP contribution in [0.25, 0.3) is 10.8 Å². The summed E-state index contributed by atoms with van der Waals surface area (Å²) >= 11 is 0. The van der Waals surface area contributed by atoms with Crippen molar-refractivity contribution >= 4 is 16.7 Å². The minimum atomic E-state index is -0.449. The van der Waals surface area contributed by atoms with Crippen molar-refractivity contribution in [3.63, 3.8) is 0 Å². The molecule has 1 aliphatic rings. The van der Waals surface area contributed by atoms with Gasteiger partial charge in [0.25, 0.3) is 5.91 Å². The molecule has 0 saturated carbocycles. The van der Waals surface area contributed by atoms with Crippen molar-refractivity contribution in [3.05, 3.63) is 54.1 Å². The molecule has 2 aromatic rings. The molecule has 1 aliphatic carbocycles. The van der Waals surface area contributed by atoms with Crippen molar-refractivity contribution in [2.75, 3.05) is 6.54 Å². The van der Waals surface area contributed by atoms with Gasteiger partial charge in [0.05, 0.1) is 0 Å². The van der Waals surface area contributed by atoms with Crippen LogP contribution in [0.2, 0.25) is 0 Å². The summed E-state index contributed by atoms with van der Waals surface area (Å²) in [5.41, 5.74) is 1.34. The first-order valence-electron chi connectivity index (χ1n) is 8.87. The average Bonchev–Trinajstić information content (AvgIpc) is 2.65. The smallest absolute Gasteiger partial charge is 0.261 e. The topological polar surface area (TPSA) is 38.3 Å². The van der Waals surface area contributed by atoms with Crippen LogP contribution in [-0.4, -0.2) is 18.6 Å². The molecule has 0 saturated heterocycles. The van der Waals surface area contributed by atoms with Crippen LogP contribution in [-0.2, 0) is 4.79 Å². The predicted octanol–water partition coefficient (Wildman–Crippen LogP) is 4.61. The van der Waals surface area contributed by atoms with Crippen LogP contribution in [0.4, 0.5) is 0 Å². The molecule has 0 spiro atoms. The number of ether oxygens (including phenoxy) is 1. The van der Waals surface area contributed by atoms with Gasteiger partial charge in [0, 0.05) is 6.54 Å². The van der Waals surface area contributed by atoms with Gasteiger partial charge in [0.1, 0.15) is 5.75 Å². The minimum Gasteiger partial charge on any atom is -0.481 e. The Morgan fingerprint density at radius 1 is 1.17 bits per heavy atom. The van der Waals surface area contributed by atoms with E-state index in [1.807, 2.05) is 37.3 Å². The van der Waals surface area contributed by atoms with E-state index in [1.54, 1.807) is 0 Å². The highest BCUT2D eigenvalue weighted by Gasteiger charge is 2.18. The van der Waals surface area contributed by atoms with Gasteiger partial charge in [0.2, 0.25) is 0 Å². The molecule has 126 valence electrons. The minimum absolute atomic E-state index is 0.0304. The van der Waals surface area contributed by atoms with Crippen LogP contribution in [0.5, 0.6) is 5.75 Å². The zero-order chi connectivity index (χ0) is 16.8. The molecule has 3 rings (SSSR count). The number of benzene rings is 2. The Labute approximate surface area is 143 Å². The SMILES string of the molecule is CC[C@H](Oc1ccc2ccccc2c1)C(=O)NCC1=CCCCC1. The molecule has 0 aromatic heterocycles. The normalized spacial score (nSPS) is 15.6. The van der Waals surface area contributed by atoms with Crippen LogP contribution in [0.15, 0.2) is 54.1 Å². The van der Waals surface area contributed by atoms with Crippen LogP contribution in [0.3, 0.4) is 0 Å². The lowest BCUT2D eigenvalue weighted by molar-refractivity contribution is -0.127. The Bertz CT molecular complexity index is 735. The van der Waals surface area contributed by atoms with E-state index in [2.05, 4.69) is 23.5 Å². The second-order valence-electron chi connectivity index (χ2n) is 6.35. The third-order valence-electron chi connectivity index (χ3n) is 4.54. The van der Waals surface area contributed by atoms with Gasteiger partial charge >= 0.3 is 0 Å². The molecule has 0 fully saturated rings. The summed E-state index contributed by atoms with van der Waals surface area (Å²) in [5, 5.41) is 5.32. The summed E-state index contributed by atoms with van der Waals surface area (Å²) in [6, 6.07) is 14.1. The van der Waals surface area contributed by atoms with E-state index in [1.165, 1.54) is 23.8 Å². The lowest BCUT2D eigenvalue weighted by atomic mass is 9.99. The molecule has 0 heterocycles. The second-order valence-corrected chi connectivity index (χ2v) is 6.35.